The topological polar surface area (TPSA) is 49.4 Å². The van der Waals surface area contributed by atoms with Crippen LogP contribution >= 0.6 is 0 Å². The summed E-state index contributed by atoms with van der Waals surface area (Å²) in [5, 5.41) is 1.25. The van der Waals surface area contributed by atoms with Gasteiger partial charge in [-0.25, -0.2) is 5.01 Å². The van der Waals surface area contributed by atoms with Crippen molar-refractivity contribution in [3.05, 3.63) is 30.3 Å². The Kier molecular flexibility index (Phi) is 3.78. The summed E-state index contributed by atoms with van der Waals surface area (Å²) in [6, 6.07) is 9.63. The maximum absolute atomic E-state index is 11.2. The van der Waals surface area contributed by atoms with Gasteiger partial charge in [-0.05, 0) is 5.69 Å². The first-order valence-electron chi connectivity index (χ1n) is 3.86. The van der Waals surface area contributed by atoms with E-state index in [9.17, 15) is 9.59 Å². The standard InChI is InChI=1S/C9H7N2O2.Y/c12-8-6-9(13)11(10-8)7-4-2-1-3-5-7;/h2-5H,6H2,(H,10,12);/q-1;. The maximum atomic E-state index is 11.2. The molecule has 1 aliphatic rings. The molecule has 1 aromatic carbocycles. The van der Waals surface area contributed by atoms with Crippen LogP contribution in [0.4, 0.5) is 5.69 Å². The predicted octanol–water partition coefficient (Wildman–Crippen LogP) is 0.252. The van der Waals surface area contributed by atoms with E-state index in [1.165, 1.54) is 5.01 Å². The Morgan fingerprint density at radius 2 is 1.93 bits per heavy atom. The molecule has 1 aromatic rings. The van der Waals surface area contributed by atoms with Crippen LogP contribution in [0.3, 0.4) is 0 Å². The zero-order valence-corrected chi connectivity index (χ0v) is 10.2. The van der Waals surface area contributed by atoms with Crippen molar-refractivity contribution in [3.8, 4) is 0 Å². The molecule has 2 amide bonds. The average molecular weight is 264 g/mol. The number of hydrogen-bond acceptors (Lipinski definition) is 2. The van der Waals surface area contributed by atoms with Gasteiger partial charge in [-0.15, -0.1) is 12.1 Å². The Morgan fingerprint density at radius 1 is 1.29 bits per heavy atom. The van der Waals surface area contributed by atoms with Crippen LogP contribution in [0.5, 0.6) is 0 Å². The minimum absolute atomic E-state index is 0. The number of amides is 2. The molecule has 1 aliphatic heterocycles. The summed E-state index contributed by atoms with van der Waals surface area (Å²) in [7, 11) is 0. The van der Waals surface area contributed by atoms with Gasteiger partial charge in [0.05, 0.1) is 0 Å². The molecule has 1 fully saturated rings. The molecule has 0 spiro atoms. The van der Waals surface area contributed by atoms with Gasteiger partial charge in [-0.3, -0.25) is 15.0 Å². The molecule has 14 heavy (non-hydrogen) atoms. The number of carbonyl (C=O) groups is 2. The van der Waals surface area contributed by atoms with Crippen LogP contribution in [0.2, 0.25) is 0 Å². The monoisotopic (exact) mass is 264 g/mol. The minimum atomic E-state index is -0.266. The maximum Gasteiger partial charge on any atom is 0.253 e. The van der Waals surface area contributed by atoms with Crippen LogP contribution in [0.15, 0.2) is 24.3 Å². The summed E-state index contributed by atoms with van der Waals surface area (Å²) in [6.45, 7) is 0. The molecule has 1 heterocycles. The molecule has 0 aliphatic carbocycles. The molecule has 4 nitrogen and oxygen atoms in total. The molecule has 1 radical (unpaired) electrons. The van der Waals surface area contributed by atoms with Gasteiger partial charge in [-0.1, -0.05) is 0 Å². The van der Waals surface area contributed by atoms with E-state index in [0.29, 0.717) is 5.69 Å². The Hall–Kier alpha value is -0.736. The molecule has 2 rings (SSSR count). The number of benzene rings is 1. The van der Waals surface area contributed by atoms with E-state index in [-0.39, 0.29) is 50.9 Å². The minimum Gasteiger partial charge on any atom is -0.273 e. The summed E-state index contributed by atoms with van der Waals surface area (Å²) < 4.78 is 0. The first-order chi connectivity index (χ1) is 6.27. The third-order valence-corrected chi connectivity index (χ3v) is 1.76. The second-order valence-corrected chi connectivity index (χ2v) is 2.70. The Labute approximate surface area is 107 Å². The van der Waals surface area contributed by atoms with E-state index in [0.717, 1.165) is 0 Å². The fourth-order valence-corrected chi connectivity index (χ4v) is 1.18. The molecule has 69 valence electrons. The van der Waals surface area contributed by atoms with Gasteiger partial charge in [0, 0.05) is 32.7 Å². The van der Waals surface area contributed by atoms with Crippen molar-refractivity contribution >= 4 is 17.5 Å². The number of anilines is 1. The number of hydrogen-bond donors (Lipinski definition) is 1. The zero-order valence-electron chi connectivity index (χ0n) is 7.36. The van der Waals surface area contributed by atoms with Gasteiger partial charge in [-0.2, -0.15) is 18.2 Å². The molecule has 0 saturated carbocycles. The van der Waals surface area contributed by atoms with Crippen molar-refractivity contribution < 1.29 is 42.3 Å². The Balaban J connectivity index is 0.000000980. The third-order valence-electron chi connectivity index (χ3n) is 1.76. The number of hydrazine groups is 1. The third kappa shape index (κ3) is 2.19. The summed E-state index contributed by atoms with van der Waals surface area (Å²) in [5.74, 6) is -0.492. The van der Waals surface area contributed by atoms with Gasteiger partial charge in [0.15, 0.2) is 0 Å². The van der Waals surface area contributed by atoms with Crippen molar-refractivity contribution in [2.75, 3.05) is 5.01 Å². The Bertz CT molecular complexity index is 353. The van der Waals surface area contributed by atoms with Crippen LogP contribution in [0.1, 0.15) is 6.42 Å². The fraction of sp³-hybridized carbons (Fsp3) is 0.111. The van der Waals surface area contributed by atoms with E-state index < -0.39 is 0 Å². The number of carbonyl (C=O) groups excluding carboxylic acids is 2. The summed E-state index contributed by atoms with van der Waals surface area (Å²) in [4.78, 5) is 22.1. The average Bonchev–Trinajstić information content (AvgIpc) is 2.47. The van der Waals surface area contributed by atoms with E-state index >= 15 is 0 Å². The molecule has 0 atom stereocenters. The molecule has 0 aromatic heterocycles. The van der Waals surface area contributed by atoms with E-state index in [4.69, 9.17) is 0 Å². The van der Waals surface area contributed by atoms with Crippen molar-refractivity contribution in [2.45, 2.75) is 6.42 Å². The Morgan fingerprint density at radius 3 is 2.43 bits per heavy atom. The fourth-order valence-electron chi connectivity index (χ4n) is 1.18. The number of rotatable bonds is 1. The van der Waals surface area contributed by atoms with Crippen molar-refractivity contribution in [1.82, 2.24) is 5.43 Å². The van der Waals surface area contributed by atoms with Crippen molar-refractivity contribution in [3.63, 3.8) is 0 Å². The summed E-state index contributed by atoms with van der Waals surface area (Å²) in [5.41, 5.74) is 3.11. The van der Waals surface area contributed by atoms with E-state index in [1.54, 1.807) is 24.3 Å². The molecule has 0 bridgehead atoms. The quantitative estimate of drug-likeness (QED) is 0.584. The number of nitrogens with one attached hydrogen (secondary N) is 1. The molecular weight excluding hydrogens is 257 g/mol. The van der Waals surface area contributed by atoms with Gasteiger partial charge in [0.25, 0.3) is 5.91 Å². The molecule has 1 N–H and O–H groups in total. The van der Waals surface area contributed by atoms with Crippen molar-refractivity contribution in [2.24, 2.45) is 0 Å². The first-order valence-corrected chi connectivity index (χ1v) is 3.86. The van der Waals surface area contributed by atoms with E-state index in [1.807, 2.05) is 0 Å². The molecule has 0 unspecified atom stereocenters. The molecule has 1 saturated heterocycles. The van der Waals surface area contributed by atoms with Gasteiger partial charge < -0.3 is 0 Å². The van der Waals surface area contributed by atoms with Crippen LogP contribution in [-0.2, 0) is 42.3 Å². The summed E-state index contributed by atoms with van der Waals surface area (Å²) in [6.07, 6.45) is -0.0708. The summed E-state index contributed by atoms with van der Waals surface area (Å²) >= 11 is 0. The number of nitrogens with zero attached hydrogens (tertiary/aromatic N) is 1. The van der Waals surface area contributed by atoms with Gasteiger partial charge >= 0.3 is 0 Å². The SMILES string of the molecule is O=C1CC(=O)N(c2cc[c-]cc2)N1.[Y]. The second-order valence-electron chi connectivity index (χ2n) is 2.70. The van der Waals surface area contributed by atoms with E-state index in [2.05, 4.69) is 11.5 Å². The first kappa shape index (κ1) is 11.3. The van der Waals surface area contributed by atoms with Crippen LogP contribution in [0.25, 0.3) is 0 Å². The van der Waals surface area contributed by atoms with Crippen LogP contribution < -0.4 is 10.4 Å². The normalized spacial score (nSPS) is 15.0. The molecule has 5 heteroatoms. The van der Waals surface area contributed by atoms with Gasteiger partial charge in [0.2, 0.25) is 5.91 Å². The van der Waals surface area contributed by atoms with Crippen molar-refractivity contribution in [1.29, 1.82) is 0 Å². The molecular formula is C9H7N2O2Y-. The van der Waals surface area contributed by atoms with Gasteiger partial charge in [0.1, 0.15) is 6.42 Å². The zero-order chi connectivity index (χ0) is 9.26. The smallest absolute Gasteiger partial charge is 0.253 e. The predicted molar refractivity (Wildman–Crippen MR) is 45.5 cm³/mol. The van der Waals surface area contributed by atoms with Crippen LogP contribution in [0, 0.1) is 6.07 Å². The second kappa shape index (κ2) is 4.66. The largest absolute Gasteiger partial charge is 0.273 e. The van der Waals surface area contributed by atoms with Crippen LogP contribution in [-0.4, -0.2) is 11.8 Å².